The maximum atomic E-state index is 12.8. The average molecular weight is 257 g/mol. The van der Waals surface area contributed by atoms with Crippen LogP contribution >= 0.6 is 0 Å². The fourth-order valence-electron chi connectivity index (χ4n) is 1.75. The molecule has 1 aliphatic carbocycles. The third-order valence-corrected chi connectivity index (χ3v) is 2.88. The summed E-state index contributed by atoms with van der Waals surface area (Å²) in [6.45, 7) is 0. The van der Waals surface area contributed by atoms with Gasteiger partial charge in [-0.15, -0.1) is 0 Å². The first-order chi connectivity index (χ1) is 9.22. The molecule has 1 fully saturated rings. The van der Waals surface area contributed by atoms with Crippen molar-refractivity contribution in [2.45, 2.75) is 18.9 Å². The zero-order chi connectivity index (χ0) is 13.2. The summed E-state index contributed by atoms with van der Waals surface area (Å²) in [5.74, 6) is -0.000856. The Balaban J connectivity index is 1.84. The predicted octanol–water partition coefficient (Wildman–Crippen LogP) is 2.99. The first-order valence-electron chi connectivity index (χ1n) is 6.15. The molecule has 1 aliphatic rings. The van der Waals surface area contributed by atoms with E-state index in [1.54, 1.807) is 18.2 Å². The van der Waals surface area contributed by atoms with Crippen LogP contribution in [0.5, 0.6) is 5.75 Å². The van der Waals surface area contributed by atoms with Gasteiger partial charge in [0, 0.05) is 5.56 Å². The highest BCUT2D eigenvalue weighted by molar-refractivity contribution is 6.07. The number of carbonyl (C=O) groups excluding carboxylic acids is 1. The topological polar surface area (TPSA) is 39.2 Å². The number of hydrogen-bond acceptors (Lipinski definition) is 3. The van der Waals surface area contributed by atoms with Gasteiger partial charge in [0.2, 0.25) is 5.78 Å². The average Bonchev–Trinajstić information content (AvgIpc) is 3.23. The summed E-state index contributed by atoms with van der Waals surface area (Å²) in [4.78, 5) is 16.0. The zero-order valence-electron chi connectivity index (χ0n) is 10.2. The summed E-state index contributed by atoms with van der Waals surface area (Å²) in [5.41, 5.74) is 0.724. The quantitative estimate of drug-likeness (QED) is 0.790. The van der Waals surface area contributed by atoms with Crippen LogP contribution in [0.4, 0.5) is 4.39 Å². The molecule has 2 aromatic rings. The van der Waals surface area contributed by atoms with Crippen LogP contribution in [0.3, 0.4) is 0 Å². The van der Waals surface area contributed by atoms with Crippen LogP contribution in [-0.2, 0) is 0 Å². The minimum absolute atomic E-state index is 0.227. The van der Waals surface area contributed by atoms with Gasteiger partial charge in [0.05, 0.1) is 12.3 Å². The van der Waals surface area contributed by atoms with Crippen LogP contribution in [0, 0.1) is 5.82 Å². The summed E-state index contributed by atoms with van der Waals surface area (Å²) in [5, 5.41) is 0. The van der Waals surface area contributed by atoms with Crippen molar-refractivity contribution in [3.63, 3.8) is 0 Å². The molecule has 0 spiro atoms. The van der Waals surface area contributed by atoms with E-state index in [0.29, 0.717) is 11.3 Å². The molecule has 4 heteroatoms. The highest BCUT2D eigenvalue weighted by Crippen LogP contribution is 2.27. The second kappa shape index (κ2) is 4.80. The van der Waals surface area contributed by atoms with Gasteiger partial charge in [-0.25, -0.2) is 9.37 Å². The highest BCUT2D eigenvalue weighted by Gasteiger charge is 2.23. The van der Waals surface area contributed by atoms with Crippen molar-refractivity contribution in [3.05, 3.63) is 59.7 Å². The highest BCUT2D eigenvalue weighted by atomic mass is 19.1. The number of nitrogens with zero attached hydrogens (tertiary/aromatic N) is 1. The lowest BCUT2D eigenvalue weighted by Crippen LogP contribution is -2.05. The van der Waals surface area contributed by atoms with Crippen molar-refractivity contribution in [2.75, 3.05) is 0 Å². The van der Waals surface area contributed by atoms with Crippen molar-refractivity contribution in [1.82, 2.24) is 4.98 Å². The molecule has 3 rings (SSSR count). The van der Waals surface area contributed by atoms with Gasteiger partial charge in [-0.05, 0) is 37.1 Å². The molecule has 1 heterocycles. The summed E-state index contributed by atoms with van der Waals surface area (Å²) in [6.07, 6.45) is 3.46. The van der Waals surface area contributed by atoms with E-state index in [0.717, 1.165) is 19.0 Å². The zero-order valence-corrected chi connectivity index (χ0v) is 10.2. The molecule has 1 aromatic carbocycles. The van der Waals surface area contributed by atoms with E-state index in [1.807, 2.05) is 6.07 Å². The molecule has 0 amide bonds. The molecule has 0 saturated heterocycles. The molecule has 0 aliphatic heterocycles. The van der Waals surface area contributed by atoms with Crippen LogP contribution < -0.4 is 4.74 Å². The minimum Gasteiger partial charge on any atom is -0.490 e. The van der Waals surface area contributed by atoms with Crippen LogP contribution in [0.2, 0.25) is 0 Å². The molecule has 1 aromatic heterocycles. The number of carbonyl (C=O) groups is 1. The SMILES string of the molecule is O=C(c1cccc(OC2CC2)c1)c1ccc(F)cn1. The Morgan fingerprint density at radius 2 is 2.11 bits per heavy atom. The maximum Gasteiger partial charge on any atom is 0.211 e. The summed E-state index contributed by atoms with van der Waals surface area (Å²) >= 11 is 0. The Hall–Kier alpha value is -2.23. The van der Waals surface area contributed by atoms with Crippen LogP contribution in [0.1, 0.15) is 28.9 Å². The third kappa shape index (κ3) is 2.78. The Morgan fingerprint density at radius 1 is 1.26 bits per heavy atom. The van der Waals surface area contributed by atoms with Crippen LogP contribution in [0.15, 0.2) is 42.6 Å². The van der Waals surface area contributed by atoms with E-state index >= 15 is 0 Å². The predicted molar refractivity (Wildman–Crippen MR) is 67.7 cm³/mol. The number of rotatable bonds is 4. The number of halogens is 1. The molecule has 1 saturated carbocycles. The van der Waals surface area contributed by atoms with E-state index in [9.17, 15) is 9.18 Å². The lowest BCUT2D eigenvalue weighted by Gasteiger charge is -2.06. The van der Waals surface area contributed by atoms with Gasteiger partial charge in [-0.3, -0.25) is 4.79 Å². The van der Waals surface area contributed by atoms with E-state index in [4.69, 9.17) is 4.74 Å². The summed E-state index contributed by atoms with van der Waals surface area (Å²) in [7, 11) is 0. The van der Waals surface area contributed by atoms with Gasteiger partial charge in [0.15, 0.2) is 0 Å². The maximum absolute atomic E-state index is 12.8. The number of ether oxygens (including phenoxy) is 1. The Morgan fingerprint density at radius 3 is 2.79 bits per heavy atom. The molecule has 3 nitrogen and oxygen atoms in total. The van der Waals surface area contributed by atoms with Gasteiger partial charge < -0.3 is 4.74 Å². The standard InChI is InChI=1S/C15H12FNO2/c16-11-4-7-14(17-9-11)15(18)10-2-1-3-13(8-10)19-12-5-6-12/h1-4,7-9,12H,5-6H2. The van der Waals surface area contributed by atoms with Gasteiger partial charge in [-0.1, -0.05) is 12.1 Å². The number of benzene rings is 1. The van der Waals surface area contributed by atoms with Crippen molar-refractivity contribution in [1.29, 1.82) is 0 Å². The first-order valence-corrected chi connectivity index (χ1v) is 6.15. The summed E-state index contributed by atoms with van der Waals surface area (Å²) in [6, 6.07) is 9.61. The molecule has 0 atom stereocenters. The minimum atomic E-state index is -0.456. The number of ketones is 1. The first kappa shape index (κ1) is 11.8. The van der Waals surface area contributed by atoms with Gasteiger partial charge in [0.25, 0.3) is 0 Å². The molecule has 96 valence electrons. The van der Waals surface area contributed by atoms with Crippen LogP contribution in [0.25, 0.3) is 0 Å². The fraction of sp³-hybridized carbons (Fsp3) is 0.200. The molecule has 19 heavy (non-hydrogen) atoms. The Bertz CT molecular complexity index is 606. The largest absolute Gasteiger partial charge is 0.490 e. The van der Waals surface area contributed by atoms with E-state index in [2.05, 4.69) is 4.98 Å². The molecule has 0 N–H and O–H groups in total. The second-order valence-corrected chi connectivity index (χ2v) is 4.54. The lowest BCUT2D eigenvalue weighted by atomic mass is 10.1. The number of pyridine rings is 1. The Labute approximate surface area is 110 Å². The monoisotopic (exact) mass is 257 g/mol. The van der Waals surface area contributed by atoms with Crippen molar-refractivity contribution in [3.8, 4) is 5.75 Å². The van der Waals surface area contributed by atoms with Crippen molar-refractivity contribution in [2.24, 2.45) is 0 Å². The van der Waals surface area contributed by atoms with Crippen molar-refractivity contribution < 1.29 is 13.9 Å². The van der Waals surface area contributed by atoms with Crippen LogP contribution in [-0.4, -0.2) is 16.9 Å². The number of hydrogen-bond donors (Lipinski definition) is 0. The molecular formula is C15H12FNO2. The van der Waals surface area contributed by atoms with Gasteiger partial charge in [-0.2, -0.15) is 0 Å². The smallest absolute Gasteiger partial charge is 0.211 e. The van der Waals surface area contributed by atoms with Crippen molar-refractivity contribution >= 4 is 5.78 Å². The van der Waals surface area contributed by atoms with E-state index in [1.165, 1.54) is 12.1 Å². The van der Waals surface area contributed by atoms with Gasteiger partial charge in [0.1, 0.15) is 17.3 Å². The summed E-state index contributed by atoms with van der Waals surface area (Å²) < 4.78 is 18.4. The fourth-order valence-corrected chi connectivity index (χ4v) is 1.75. The second-order valence-electron chi connectivity index (χ2n) is 4.54. The number of aromatic nitrogens is 1. The Kier molecular flexibility index (Phi) is 2.99. The van der Waals surface area contributed by atoms with E-state index < -0.39 is 5.82 Å². The molecular weight excluding hydrogens is 245 g/mol. The molecule has 0 unspecified atom stereocenters. The van der Waals surface area contributed by atoms with E-state index in [-0.39, 0.29) is 17.6 Å². The lowest BCUT2D eigenvalue weighted by molar-refractivity contribution is 0.103. The normalized spacial score (nSPS) is 14.2. The van der Waals surface area contributed by atoms with Gasteiger partial charge >= 0.3 is 0 Å². The third-order valence-electron chi connectivity index (χ3n) is 2.88. The molecule has 0 radical (unpaired) electrons. The molecule has 0 bridgehead atoms.